The van der Waals surface area contributed by atoms with Gasteiger partial charge in [0.1, 0.15) is 0 Å². The molecule has 2 N–H and O–H groups in total. The van der Waals surface area contributed by atoms with Gasteiger partial charge in [-0.3, -0.25) is 9.59 Å². The summed E-state index contributed by atoms with van der Waals surface area (Å²) < 4.78 is 32.0. The number of nitrogens with zero attached hydrogens (tertiary/aromatic N) is 1. The second kappa shape index (κ2) is 9.44. The van der Waals surface area contributed by atoms with Crippen LogP contribution in [0.2, 0.25) is 0 Å². The summed E-state index contributed by atoms with van der Waals surface area (Å²) in [6, 6.07) is 9.33. The molecule has 0 spiro atoms. The maximum atomic E-state index is 12.6. The quantitative estimate of drug-likeness (QED) is 0.692. The van der Waals surface area contributed by atoms with Crippen LogP contribution in [-0.4, -0.2) is 37.6 Å². The molecule has 2 amide bonds. The average Bonchev–Trinajstić information content (AvgIpc) is 3.21. The Balaban J connectivity index is 1.62. The lowest BCUT2D eigenvalue weighted by Crippen LogP contribution is -2.35. The molecule has 1 aromatic heterocycles. The van der Waals surface area contributed by atoms with E-state index < -0.39 is 15.9 Å². The standard InChI is InChI=1S/C21H27N3O5S/c1-15(2)14-19(25)22-16-6-8-17(9-7-16)23-21(26)18-10-11-20(29-18)30(27,28)24-12-4-3-5-13-24/h6-11,15H,3-5,12-14H2,1-2H3,(H,22,25)(H,23,26). The molecule has 0 aliphatic carbocycles. The number of sulfonamides is 1. The van der Waals surface area contributed by atoms with Crippen LogP contribution in [0.1, 0.15) is 50.1 Å². The number of hydrogen-bond donors (Lipinski definition) is 2. The van der Waals surface area contributed by atoms with Crippen molar-refractivity contribution in [3.8, 4) is 0 Å². The lowest BCUT2D eigenvalue weighted by molar-refractivity contribution is -0.116. The van der Waals surface area contributed by atoms with E-state index in [1.54, 1.807) is 24.3 Å². The first-order chi connectivity index (χ1) is 14.3. The molecule has 8 nitrogen and oxygen atoms in total. The van der Waals surface area contributed by atoms with Crippen molar-refractivity contribution < 1.29 is 22.4 Å². The minimum absolute atomic E-state index is 0.0696. The lowest BCUT2D eigenvalue weighted by Gasteiger charge is -2.24. The van der Waals surface area contributed by atoms with Gasteiger partial charge in [0.2, 0.25) is 11.0 Å². The predicted molar refractivity (Wildman–Crippen MR) is 114 cm³/mol. The first-order valence-electron chi connectivity index (χ1n) is 10.1. The summed E-state index contributed by atoms with van der Waals surface area (Å²) in [5.41, 5.74) is 1.13. The molecule has 1 aliphatic heterocycles. The lowest BCUT2D eigenvalue weighted by atomic mass is 10.1. The molecule has 2 aromatic rings. The topological polar surface area (TPSA) is 109 Å². The summed E-state index contributed by atoms with van der Waals surface area (Å²) in [5.74, 6) is -0.438. The number of hydrogen-bond acceptors (Lipinski definition) is 5. The molecule has 0 unspecified atom stereocenters. The molecule has 1 aromatic carbocycles. The van der Waals surface area contributed by atoms with E-state index in [-0.39, 0.29) is 22.7 Å². The van der Waals surface area contributed by atoms with Crippen LogP contribution < -0.4 is 10.6 Å². The summed E-state index contributed by atoms with van der Waals surface area (Å²) in [6.07, 6.45) is 3.08. The summed E-state index contributed by atoms with van der Waals surface area (Å²) in [6.45, 7) is 4.86. The summed E-state index contributed by atoms with van der Waals surface area (Å²) in [7, 11) is -3.73. The van der Waals surface area contributed by atoms with Crippen LogP contribution in [0.25, 0.3) is 0 Å². The zero-order valence-electron chi connectivity index (χ0n) is 17.2. The van der Waals surface area contributed by atoms with E-state index in [1.807, 2.05) is 13.8 Å². The number of benzene rings is 1. The van der Waals surface area contributed by atoms with Crippen molar-refractivity contribution in [3.05, 3.63) is 42.2 Å². The molecule has 0 bridgehead atoms. The molecule has 2 heterocycles. The second-order valence-corrected chi connectivity index (χ2v) is 9.63. The van der Waals surface area contributed by atoms with Crippen LogP contribution >= 0.6 is 0 Å². The number of rotatable bonds is 7. The van der Waals surface area contributed by atoms with Gasteiger partial charge in [0.25, 0.3) is 15.9 Å². The van der Waals surface area contributed by atoms with Gasteiger partial charge in [-0.15, -0.1) is 0 Å². The predicted octanol–water partition coefficient (Wildman–Crippen LogP) is 3.69. The molecule has 1 fully saturated rings. The molecule has 0 radical (unpaired) electrons. The third-order valence-corrected chi connectivity index (χ3v) is 6.51. The molecule has 0 atom stereocenters. The van der Waals surface area contributed by atoms with Crippen molar-refractivity contribution in [2.24, 2.45) is 5.92 Å². The van der Waals surface area contributed by atoms with Gasteiger partial charge in [0.05, 0.1) is 0 Å². The van der Waals surface area contributed by atoms with Gasteiger partial charge in [-0.05, 0) is 55.2 Å². The van der Waals surface area contributed by atoms with Crippen LogP contribution in [-0.2, 0) is 14.8 Å². The van der Waals surface area contributed by atoms with Crippen LogP contribution in [0, 0.1) is 5.92 Å². The van der Waals surface area contributed by atoms with E-state index in [0.717, 1.165) is 19.3 Å². The zero-order valence-corrected chi connectivity index (χ0v) is 18.0. The molecule has 1 aliphatic rings. The van der Waals surface area contributed by atoms with E-state index in [1.165, 1.54) is 16.4 Å². The molecule has 1 saturated heterocycles. The van der Waals surface area contributed by atoms with Gasteiger partial charge in [0.15, 0.2) is 5.76 Å². The highest BCUT2D eigenvalue weighted by Crippen LogP contribution is 2.23. The Morgan fingerprint density at radius 1 is 0.967 bits per heavy atom. The monoisotopic (exact) mass is 433 g/mol. The Morgan fingerprint density at radius 3 is 2.17 bits per heavy atom. The summed E-state index contributed by atoms with van der Waals surface area (Å²) in [5, 5.41) is 5.23. The largest absolute Gasteiger partial charge is 0.438 e. The number of nitrogens with one attached hydrogen (secondary N) is 2. The van der Waals surface area contributed by atoms with Crippen LogP contribution in [0.4, 0.5) is 11.4 Å². The fourth-order valence-electron chi connectivity index (χ4n) is 3.23. The Bertz CT molecular complexity index is 990. The fraction of sp³-hybridized carbons (Fsp3) is 0.429. The molecular weight excluding hydrogens is 406 g/mol. The van der Waals surface area contributed by atoms with Gasteiger partial charge in [-0.25, -0.2) is 8.42 Å². The van der Waals surface area contributed by atoms with Gasteiger partial charge in [0, 0.05) is 30.9 Å². The van der Waals surface area contributed by atoms with Gasteiger partial charge in [-0.2, -0.15) is 4.31 Å². The van der Waals surface area contributed by atoms with Crippen molar-refractivity contribution >= 4 is 33.2 Å². The first kappa shape index (κ1) is 22.0. The first-order valence-corrected chi connectivity index (χ1v) is 11.5. The number of furan rings is 1. The van der Waals surface area contributed by atoms with Crippen molar-refractivity contribution in [1.82, 2.24) is 4.31 Å². The fourth-order valence-corrected chi connectivity index (χ4v) is 4.65. The molecule has 3 rings (SSSR count). The number of amides is 2. The highest BCUT2D eigenvalue weighted by atomic mass is 32.2. The SMILES string of the molecule is CC(C)CC(=O)Nc1ccc(NC(=O)c2ccc(S(=O)(=O)N3CCCCC3)o2)cc1. The van der Waals surface area contributed by atoms with E-state index in [9.17, 15) is 18.0 Å². The normalized spacial score (nSPS) is 15.2. The maximum absolute atomic E-state index is 12.6. The van der Waals surface area contributed by atoms with Crippen LogP contribution in [0.5, 0.6) is 0 Å². The molecule has 162 valence electrons. The van der Waals surface area contributed by atoms with Gasteiger partial charge in [-0.1, -0.05) is 20.3 Å². The summed E-state index contributed by atoms with van der Waals surface area (Å²) in [4.78, 5) is 24.3. The minimum atomic E-state index is -3.73. The van der Waals surface area contributed by atoms with Crippen LogP contribution in [0.15, 0.2) is 45.9 Å². The number of carbonyl (C=O) groups is 2. The van der Waals surface area contributed by atoms with E-state index >= 15 is 0 Å². The highest BCUT2D eigenvalue weighted by Gasteiger charge is 2.29. The number of carbonyl (C=O) groups excluding carboxylic acids is 2. The summed E-state index contributed by atoms with van der Waals surface area (Å²) >= 11 is 0. The average molecular weight is 434 g/mol. The van der Waals surface area contributed by atoms with Gasteiger partial charge < -0.3 is 15.1 Å². The molecule has 9 heteroatoms. The van der Waals surface area contributed by atoms with E-state index in [0.29, 0.717) is 30.9 Å². The van der Waals surface area contributed by atoms with Crippen molar-refractivity contribution in [1.29, 1.82) is 0 Å². The molecule has 30 heavy (non-hydrogen) atoms. The number of anilines is 2. The Hall–Kier alpha value is -2.65. The third kappa shape index (κ3) is 5.48. The van der Waals surface area contributed by atoms with Gasteiger partial charge >= 0.3 is 0 Å². The van der Waals surface area contributed by atoms with Crippen molar-refractivity contribution in [2.75, 3.05) is 23.7 Å². The van der Waals surface area contributed by atoms with E-state index in [4.69, 9.17) is 4.42 Å². The van der Waals surface area contributed by atoms with Crippen LogP contribution in [0.3, 0.4) is 0 Å². The maximum Gasteiger partial charge on any atom is 0.291 e. The number of piperidine rings is 1. The highest BCUT2D eigenvalue weighted by molar-refractivity contribution is 7.89. The molecular formula is C21H27N3O5S. The van der Waals surface area contributed by atoms with Crippen molar-refractivity contribution in [3.63, 3.8) is 0 Å². The van der Waals surface area contributed by atoms with E-state index in [2.05, 4.69) is 10.6 Å². The Labute approximate surface area is 176 Å². The van der Waals surface area contributed by atoms with Crippen molar-refractivity contribution in [2.45, 2.75) is 44.6 Å². The smallest absolute Gasteiger partial charge is 0.291 e. The Morgan fingerprint density at radius 2 is 1.57 bits per heavy atom. The molecule has 0 saturated carbocycles. The Kier molecular flexibility index (Phi) is 6.94. The second-order valence-electron chi connectivity index (χ2n) is 7.76. The third-order valence-electron chi connectivity index (χ3n) is 4.73. The minimum Gasteiger partial charge on any atom is -0.438 e. The zero-order chi connectivity index (χ0) is 21.7.